The first kappa shape index (κ1) is 10.5. The molecule has 0 saturated heterocycles. The van der Waals surface area contributed by atoms with Gasteiger partial charge in [0.1, 0.15) is 0 Å². The van der Waals surface area contributed by atoms with Crippen molar-refractivity contribution in [2.75, 3.05) is 10.6 Å². The monoisotopic (exact) mass is 213 g/mol. The van der Waals surface area contributed by atoms with Gasteiger partial charge in [0.2, 0.25) is 12.1 Å². The van der Waals surface area contributed by atoms with Gasteiger partial charge in [-0.25, -0.2) is 19.6 Å². The molecule has 15 heavy (non-hydrogen) atoms. The van der Waals surface area contributed by atoms with Gasteiger partial charge in [0.05, 0.1) is 0 Å². The van der Waals surface area contributed by atoms with Crippen LogP contribution in [0.4, 0.5) is 21.2 Å². The molecule has 0 unspecified atom stereocenters. The first-order valence-corrected chi connectivity index (χ1v) is 3.47. The van der Waals surface area contributed by atoms with E-state index in [0.717, 1.165) is 0 Å². The predicted molar refractivity (Wildman–Crippen MR) is 45.8 cm³/mol. The van der Waals surface area contributed by atoms with Gasteiger partial charge in [-0.15, -0.1) is 0 Å². The van der Waals surface area contributed by atoms with Gasteiger partial charge in [0.25, 0.3) is 0 Å². The molecule has 1 radical (unpaired) electrons. The van der Waals surface area contributed by atoms with E-state index in [4.69, 9.17) is 10.2 Å². The highest BCUT2D eigenvalue weighted by atomic mass is 16.4. The molecule has 0 aliphatic rings. The molecular formula is C6H5N4O5. The summed E-state index contributed by atoms with van der Waals surface area (Å²) in [5, 5.41) is 29.4. The van der Waals surface area contributed by atoms with E-state index in [0.29, 0.717) is 0 Å². The molecule has 1 aromatic rings. The second kappa shape index (κ2) is 4.09. The first-order chi connectivity index (χ1) is 7.00. The van der Waals surface area contributed by atoms with Gasteiger partial charge in [0, 0.05) is 0 Å². The minimum atomic E-state index is -1.46. The molecule has 0 saturated carbocycles. The Labute approximate surface area is 82.4 Å². The normalized spacial score (nSPS) is 9.33. The molecule has 0 aliphatic carbocycles. The summed E-state index contributed by atoms with van der Waals surface area (Å²) < 4.78 is 0. The minimum absolute atomic E-state index is 0.457. The van der Waals surface area contributed by atoms with Crippen LogP contribution >= 0.6 is 0 Å². The summed E-state index contributed by atoms with van der Waals surface area (Å²) in [6, 6.07) is 0. The molecule has 79 valence electrons. The average Bonchev–Trinajstić information content (AvgIpc) is 2.10. The Kier molecular flexibility index (Phi) is 2.86. The standard InChI is InChI=1S/C6H5N4O5/c11-2-3(9-5(12)13)7-1-8-4(2)10-6(14)15/h11H,(H,12,13)(H,14,15)(H2,7,8,9,10). The van der Waals surface area contributed by atoms with E-state index >= 15 is 0 Å². The van der Waals surface area contributed by atoms with Gasteiger partial charge in [-0.1, -0.05) is 0 Å². The number of hydrogen-bond donors (Lipinski definition) is 5. The van der Waals surface area contributed by atoms with Crippen LogP contribution in [0.2, 0.25) is 0 Å². The molecular weight excluding hydrogens is 208 g/mol. The van der Waals surface area contributed by atoms with Gasteiger partial charge in [0.15, 0.2) is 11.6 Å². The maximum absolute atomic E-state index is 10.2. The van der Waals surface area contributed by atoms with Crippen LogP contribution in [0, 0.1) is 6.33 Å². The molecule has 0 aliphatic heterocycles. The Morgan fingerprint density at radius 2 is 1.47 bits per heavy atom. The quantitative estimate of drug-likeness (QED) is 0.470. The van der Waals surface area contributed by atoms with E-state index in [1.54, 1.807) is 10.6 Å². The molecule has 5 N–H and O–H groups in total. The van der Waals surface area contributed by atoms with E-state index in [2.05, 4.69) is 9.97 Å². The summed E-state index contributed by atoms with van der Waals surface area (Å²) in [6.07, 6.45) is -0.950. The lowest BCUT2D eigenvalue weighted by Crippen LogP contribution is -2.13. The van der Waals surface area contributed by atoms with Crippen LogP contribution in [-0.4, -0.2) is 37.5 Å². The van der Waals surface area contributed by atoms with E-state index < -0.39 is 29.6 Å². The summed E-state index contributed by atoms with van der Waals surface area (Å²) >= 11 is 0. The van der Waals surface area contributed by atoms with Gasteiger partial charge in [-0.05, 0) is 0 Å². The molecule has 0 spiro atoms. The third-order valence-corrected chi connectivity index (χ3v) is 1.22. The molecule has 0 aromatic carbocycles. The van der Waals surface area contributed by atoms with E-state index in [-0.39, 0.29) is 0 Å². The highest BCUT2D eigenvalue weighted by Gasteiger charge is 2.13. The lowest BCUT2D eigenvalue weighted by atomic mass is 10.4. The Morgan fingerprint density at radius 1 is 1.07 bits per heavy atom. The van der Waals surface area contributed by atoms with Crippen LogP contribution in [0.5, 0.6) is 5.75 Å². The topological polar surface area (TPSA) is 145 Å². The fourth-order valence-corrected chi connectivity index (χ4v) is 0.720. The van der Waals surface area contributed by atoms with Crippen molar-refractivity contribution in [3.05, 3.63) is 6.33 Å². The largest absolute Gasteiger partial charge is 0.502 e. The minimum Gasteiger partial charge on any atom is -0.502 e. The summed E-state index contributed by atoms with van der Waals surface area (Å²) in [7, 11) is 0. The Balaban J connectivity index is 2.99. The zero-order chi connectivity index (χ0) is 11.4. The van der Waals surface area contributed by atoms with E-state index in [1.807, 2.05) is 6.33 Å². The molecule has 1 heterocycles. The lowest BCUT2D eigenvalue weighted by molar-refractivity contribution is 0.208. The smallest absolute Gasteiger partial charge is 0.410 e. The van der Waals surface area contributed by atoms with Crippen molar-refractivity contribution >= 4 is 23.8 Å². The molecule has 9 heteroatoms. The maximum atomic E-state index is 10.2. The zero-order valence-corrected chi connectivity index (χ0v) is 7.05. The molecule has 2 amide bonds. The molecule has 1 aromatic heterocycles. The van der Waals surface area contributed by atoms with Gasteiger partial charge < -0.3 is 15.3 Å². The molecule has 0 bridgehead atoms. The number of carboxylic acid groups (broad SMARTS) is 2. The fourth-order valence-electron chi connectivity index (χ4n) is 0.720. The SMILES string of the molecule is O=C(O)Nc1n[c]nc(NC(=O)O)c1O. The average molecular weight is 213 g/mol. The molecule has 0 fully saturated rings. The number of rotatable bonds is 2. The van der Waals surface area contributed by atoms with Crippen LogP contribution in [-0.2, 0) is 0 Å². The van der Waals surface area contributed by atoms with Gasteiger partial charge >= 0.3 is 12.2 Å². The number of hydrogen-bond acceptors (Lipinski definition) is 5. The molecule has 9 nitrogen and oxygen atoms in total. The summed E-state index contributed by atoms with van der Waals surface area (Å²) in [6.45, 7) is 0. The first-order valence-electron chi connectivity index (χ1n) is 3.47. The number of amides is 2. The van der Waals surface area contributed by atoms with Crippen LogP contribution in [0.3, 0.4) is 0 Å². The number of anilines is 2. The van der Waals surface area contributed by atoms with Crippen molar-refractivity contribution in [2.24, 2.45) is 0 Å². The van der Waals surface area contributed by atoms with Crippen LogP contribution in [0.1, 0.15) is 0 Å². The fraction of sp³-hybridized carbons (Fsp3) is 0. The summed E-state index contributed by atoms with van der Waals surface area (Å²) in [4.78, 5) is 27.0. The van der Waals surface area contributed by atoms with Crippen molar-refractivity contribution in [3.63, 3.8) is 0 Å². The summed E-state index contributed by atoms with van der Waals surface area (Å²) in [5.41, 5.74) is 0. The number of carbonyl (C=O) groups is 2. The lowest BCUT2D eigenvalue weighted by Gasteiger charge is -2.05. The Hall–Kier alpha value is -2.58. The predicted octanol–water partition coefficient (Wildman–Crippen LogP) is 0.162. The van der Waals surface area contributed by atoms with Crippen molar-refractivity contribution in [2.45, 2.75) is 0 Å². The van der Waals surface area contributed by atoms with E-state index in [9.17, 15) is 14.7 Å². The second-order valence-electron chi connectivity index (χ2n) is 2.23. The Morgan fingerprint density at radius 3 is 1.80 bits per heavy atom. The molecule has 1 rings (SSSR count). The number of nitrogens with one attached hydrogen (secondary N) is 2. The van der Waals surface area contributed by atoms with E-state index in [1.165, 1.54) is 0 Å². The highest BCUT2D eigenvalue weighted by molar-refractivity contribution is 5.88. The van der Waals surface area contributed by atoms with Crippen molar-refractivity contribution < 1.29 is 24.9 Å². The third kappa shape index (κ3) is 2.69. The summed E-state index contributed by atoms with van der Waals surface area (Å²) in [5.74, 6) is -1.64. The number of aromatic nitrogens is 2. The van der Waals surface area contributed by atoms with Crippen LogP contribution < -0.4 is 10.6 Å². The zero-order valence-electron chi connectivity index (χ0n) is 7.05. The van der Waals surface area contributed by atoms with Gasteiger partial charge in [-0.2, -0.15) is 0 Å². The van der Waals surface area contributed by atoms with Crippen molar-refractivity contribution in [1.82, 2.24) is 9.97 Å². The second-order valence-corrected chi connectivity index (χ2v) is 2.23. The van der Waals surface area contributed by atoms with Crippen LogP contribution in [0.25, 0.3) is 0 Å². The van der Waals surface area contributed by atoms with Crippen molar-refractivity contribution in [1.29, 1.82) is 0 Å². The molecule has 0 atom stereocenters. The van der Waals surface area contributed by atoms with Gasteiger partial charge in [-0.3, -0.25) is 10.6 Å². The van der Waals surface area contributed by atoms with Crippen LogP contribution in [0.15, 0.2) is 0 Å². The maximum Gasteiger partial charge on any atom is 0.410 e. The Bertz CT molecular complexity index is 372. The van der Waals surface area contributed by atoms with Crippen molar-refractivity contribution in [3.8, 4) is 5.75 Å². The highest BCUT2D eigenvalue weighted by Crippen LogP contribution is 2.26. The number of aromatic hydroxyl groups is 1. The third-order valence-electron chi connectivity index (χ3n) is 1.22. The number of nitrogens with zero attached hydrogens (tertiary/aromatic N) is 2.